The van der Waals surface area contributed by atoms with Crippen molar-refractivity contribution < 1.29 is 80.2 Å². The zero-order chi connectivity index (χ0) is 77.6. The average molecular weight is 1550 g/mol. The molecule has 19 heteroatoms. The Morgan fingerprint density at radius 2 is 0.528 bits per heavy atom. The van der Waals surface area contributed by atoms with Crippen LogP contribution in [0.25, 0.3) is 0 Å². The highest BCUT2D eigenvalue weighted by atomic mass is 31.2. The highest BCUT2D eigenvalue weighted by Gasteiger charge is 2.30. The van der Waals surface area contributed by atoms with Crippen molar-refractivity contribution in [3.63, 3.8) is 0 Å². The monoisotopic (exact) mass is 1550 g/mol. The Hall–Kier alpha value is -2.46. The van der Waals surface area contributed by atoms with Crippen LogP contribution in [-0.4, -0.2) is 96.7 Å². The molecular weight excluding hydrogens is 1380 g/mol. The molecule has 0 saturated heterocycles. The third-order valence-corrected chi connectivity index (χ3v) is 22.2. The Bertz CT molecular complexity index is 2110. The highest BCUT2D eigenvalue weighted by molar-refractivity contribution is 7.47. The van der Waals surface area contributed by atoms with Gasteiger partial charge in [-0.05, 0) is 57.3 Å². The van der Waals surface area contributed by atoms with Gasteiger partial charge in [-0.15, -0.1) is 0 Å². The molecule has 0 aromatic heterocycles. The SMILES string of the molecule is CCCCCC/C=C\C=C/CCCCCCCC(=O)O[C@H](COC(=O)CCCCCCCCCCCC)COP(=O)(O)OC[C@H](O)COP(=O)(O)OC[C@@H](COC(=O)CCCCCCCCCCCCCCCCCCCCC)OC(=O)CCCCCCCCCCCCCCCCCCCCC(C)CC. The number of esters is 4. The number of hydrogen-bond acceptors (Lipinski definition) is 15. The van der Waals surface area contributed by atoms with Crippen molar-refractivity contribution in [3.05, 3.63) is 24.3 Å². The summed E-state index contributed by atoms with van der Waals surface area (Å²) in [4.78, 5) is 73.2. The molecule has 0 radical (unpaired) electrons. The number of unbranched alkanes of at least 4 members (excludes halogenated alkanes) is 53. The fraction of sp³-hybridized carbons (Fsp3) is 0.908. The number of phosphoric acid groups is 2. The van der Waals surface area contributed by atoms with E-state index in [0.29, 0.717) is 25.7 Å². The lowest BCUT2D eigenvalue weighted by Crippen LogP contribution is -2.30. The molecule has 0 aliphatic rings. The summed E-state index contributed by atoms with van der Waals surface area (Å²) >= 11 is 0. The molecule has 0 aromatic carbocycles. The molecule has 6 atom stereocenters. The van der Waals surface area contributed by atoms with Crippen molar-refractivity contribution >= 4 is 39.5 Å². The molecule has 3 unspecified atom stereocenters. The van der Waals surface area contributed by atoms with Gasteiger partial charge in [0.2, 0.25) is 0 Å². The molecule has 0 rings (SSSR count). The third-order valence-electron chi connectivity index (χ3n) is 20.3. The summed E-state index contributed by atoms with van der Waals surface area (Å²) in [5.41, 5.74) is 0. The number of phosphoric ester groups is 2. The minimum Gasteiger partial charge on any atom is -0.462 e. The Morgan fingerprint density at radius 1 is 0.302 bits per heavy atom. The second-order valence-corrected chi connectivity index (χ2v) is 33.7. The van der Waals surface area contributed by atoms with Gasteiger partial charge in [-0.2, -0.15) is 0 Å². The van der Waals surface area contributed by atoms with E-state index in [1.807, 2.05) is 0 Å². The van der Waals surface area contributed by atoms with Crippen LogP contribution in [0.3, 0.4) is 0 Å². The maximum atomic E-state index is 13.2. The van der Waals surface area contributed by atoms with E-state index in [1.165, 1.54) is 257 Å². The van der Waals surface area contributed by atoms with Crippen molar-refractivity contribution in [2.75, 3.05) is 39.6 Å². The van der Waals surface area contributed by atoms with Gasteiger partial charge in [0.15, 0.2) is 12.2 Å². The average Bonchev–Trinajstić information content (AvgIpc) is 0.906. The molecule has 0 saturated carbocycles. The van der Waals surface area contributed by atoms with Crippen molar-refractivity contribution in [1.29, 1.82) is 0 Å². The van der Waals surface area contributed by atoms with Gasteiger partial charge in [-0.1, -0.05) is 393 Å². The van der Waals surface area contributed by atoms with E-state index in [9.17, 15) is 43.2 Å². The Balaban J connectivity index is 5.24. The first-order valence-corrected chi connectivity index (χ1v) is 47.5. The molecule has 0 heterocycles. The number of allylic oxidation sites excluding steroid dienone is 4. The van der Waals surface area contributed by atoms with Gasteiger partial charge in [-0.3, -0.25) is 37.3 Å². The van der Waals surface area contributed by atoms with Crippen LogP contribution >= 0.6 is 15.6 Å². The van der Waals surface area contributed by atoms with Crippen molar-refractivity contribution in [1.82, 2.24) is 0 Å². The molecule has 626 valence electrons. The van der Waals surface area contributed by atoms with E-state index in [2.05, 4.69) is 58.9 Å². The van der Waals surface area contributed by atoms with Gasteiger partial charge in [0.25, 0.3) is 0 Å². The topological polar surface area (TPSA) is 237 Å². The van der Waals surface area contributed by atoms with Gasteiger partial charge in [-0.25, -0.2) is 9.13 Å². The number of aliphatic hydroxyl groups excluding tert-OH is 1. The normalized spacial score (nSPS) is 14.2. The predicted octanol–water partition coefficient (Wildman–Crippen LogP) is 26.3. The molecule has 0 aliphatic carbocycles. The fourth-order valence-electron chi connectivity index (χ4n) is 13.1. The molecular formula is C87H166O17P2. The maximum absolute atomic E-state index is 13.2. The number of carbonyl (C=O) groups is 4. The number of ether oxygens (including phenoxy) is 4. The van der Waals surface area contributed by atoms with Crippen LogP contribution in [0.1, 0.15) is 446 Å². The fourth-order valence-corrected chi connectivity index (χ4v) is 14.7. The smallest absolute Gasteiger partial charge is 0.462 e. The lowest BCUT2D eigenvalue weighted by Gasteiger charge is -2.21. The summed E-state index contributed by atoms with van der Waals surface area (Å²) in [6.45, 7) is 7.36. The molecule has 0 amide bonds. The Morgan fingerprint density at radius 3 is 0.802 bits per heavy atom. The largest absolute Gasteiger partial charge is 0.472 e. The van der Waals surface area contributed by atoms with Crippen LogP contribution in [0.5, 0.6) is 0 Å². The van der Waals surface area contributed by atoms with E-state index >= 15 is 0 Å². The summed E-state index contributed by atoms with van der Waals surface area (Å²) in [5.74, 6) is -1.26. The van der Waals surface area contributed by atoms with Gasteiger partial charge < -0.3 is 33.8 Å². The molecule has 17 nitrogen and oxygen atoms in total. The highest BCUT2D eigenvalue weighted by Crippen LogP contribution is 2.45. The van der Waals surface area contributed by atoms with Crippen LogP contribution in [0, 0.1) is 5.92 Å². The van der Waals surface area contributed by atoms with E-state index in [1.54, 1.807) is 0 Å². The summed E-state index contributed by atoms with van der Waals surface area (Å²) in [6.07, 6.45) is 75.8. The second-order valence-electron chi connectivity index (χ2n) is 30.8. The lowest BCUT2D eigenvalue weighted by molar-refractivity contribution is -0.161. The Labute approximate surface area is 650 Å². The van der Waals surface area contributed by atoms with Gasteiger partial charge in [0.05, 0.1) is 26.4 Å². The minimum absolute atomic E-state index is 0.0857. The van der Waals surface area contributed by atoms with Crippen LogP contribution in [-0.2, 0) is 65.4 Å². The predicted molar refractivity (Wildman–Crippen MR) is 437 cm³/mol. The maximum Gasteiger partial charge on any atom is 0.472 e. The van der Waals surface area contributed by atoms with Crippen molar-refractivity contribution in [2.24, 2.45) is 5.92 Å². The molecule has 0 aromatic rings. The lowest BCUT2D eigenvalue weighted by atomic mass is 9.99. The van der Waals surface area contributed by atoms with Crippen LogP contribution in [0.4, 0.5) is 0 Å². The van der Waals surface area contributed by atoms with E-state index in [4.69, 9.17) is 37.0 Å². The van der Waals surface area contributed by atoms with Crippen molar-refractivity contribution in [3.8, 4) is 0 Å². The molecule has 0 spiro atoms. The number of aliphatic hydroxyl groups is 1. The van der Waals surface area contributed by atoms with Gasteiger partial charge in [0, 0.05) is 25.7 Å². The summed E-state index contributed by atoms with van der Waals surface area (Å²) in [6, 6.07) is 0. The number of rotatable bonds is 85. The molecule has 3 N–H and O–H groups in total. The summed E-state index contributed by atoms with van der Waals surface area (Å²) < 4.78 is 68.8. The van der Waals surface area contributed by atoms with E-state index in [-0.39, 0.29) is 25.7 Å². The van der Waals surface area contributed by atoms with Crippen LogP contribution in [0.2, 0.25) is 0 Å². The minimum atomic E-state index is -4.97. The van der Waals surface area contributed by atoms with Gasteiger partial charge in [0.1, 0.15) is 19.3 Å². The number of carbonyl (C=O) groups excluding carboxylic acids is 4. The zero-order valence-electron chi connectivity index (χ0n) is 69.1. The molecule has 0 bridgehead atoms. The number of hydrogen-bond donors (Lipinski definition) is 3. The quantitative estimate of drug-likeness (QED) is 0.0169. The second kappa shape index (κ2) is 79.2. The van der Waals surface area contributed by atoms with Crippen molar-refractivity contribution in [2.45, 2.75) is 464 Å². The standard InChI is InChI=1S/C87H166O17P2/c1-6-10-13-16-19-22-25-27-29-30-31-35-39-42-46-51-56-61-66-71-85(90)98-77-83(104-87(92)73-68-63-58-53-48-44-40-36-33-32-34-38-41-45-49-54-59-64-69-80(5)9-4)79-102-106(95,96)100-75-81(88)74-99-105(93,94)101-78-82(76-97-84(89)70-65-60-55-50-24-21-18-15-12-8-3)103-86(91)72-67-62-57-52-47-43-37-28-26-23-20-17-14-11-7-2/h23,26,28,37,80-83,88H,6-22,24-25,27,29-36,38-79H2,1-5H3,(H,93,94)(H,95,96)/b26-23-,37-28-/t80?,81-,82+,83+/m0/s1. The zero-order valence-corrected chi connectivity index (χ0v) is 70.9. The van der Waals surface area contributed by atoms with Gasteiger partial charge >= 0.3 is 39.5 Å². The molecule has 0 aliphatic heterocycles. The third kappa shape index (κ3) is 78.2. The molecule has 106 heavy (non-hydrogen) atoms. The van der Waals surface area contributed by atoms with Crippen LogP contribution in [0.15, 0.2) is 24.3 Å². The van der Waals surface area contributed by atoms with Crippen LogP contribution < -0.4 is 0 Å². The molecule has 0 fully saturated rings. The van der Waals surface area contributed by atoms with E-state index in [0.717, 1.165) is 109 Å². The summed E-state index contributed by atoms with van der Waals surface area (Å²) in [5, 5.41) is 10.7. The first-order valence-electron chi connectivity index (χ1n) is 44.5. The summed E-state index contributed by atoms with van der Waals surface area (Å²) in [7, 11) is -9.94. The Kier molecular flexibility index (Phi) is 77.4. The van der Waals surface area contributed by atoms with E-state index < -0.39 is 97.5 Å². The first kappa shape index (κ1) is 104. The first-order chi connectivity index (χ1) is 51.6.